The summed E-state index contributed by atoms with van der Waals surface area (Å²) in [5.41, 5.74) is 4.65. The average Bonchev–Trinajstić information content (AvgIpc) is 2.80. The van der Waals surface area contributed by atoms with Gasteiger partial charge in [0, 0.05) is 22.9 Å². The largest absolute Gasteiger partial charge is 0.470 e. The van der Waals surface area contributed by atoms with E-state index in [1.165, 1.54) is 0 Å². The predicted octanol–water partition coefficient (Wildman–Crippen LogP) is 5.65. The van der Waals surface area contributed by atoms with Crippen LogP contribution in [0.3, 0.4) is 0 Å². The number of ether oxygens (including phenoxy) is 1. The Morgan fingerprint density at radius 1 is 1.00 bits per heavy atom. The van der Waals surface area contributed by atoms with Crippen LogP contribution in [0.15, 0.2) is 57.9 Å². The van der Waals surface area contributed by atoms with Crippen molar-refractivity contribution in [3.05, 3.63) is 92.1 Å². The van der Waals surface area contributed by atoms with Crippen LogP contribution in [-0.4, -0.2) is 24.5 Å². The summed E-state index contributed by atoms with van der Waals surface area (Å²) < 4.78 is 7.65. The fourth-order valence-corrected chi connectivity index (χ4v) is 4.07. The fraction of sp³-hybridized carbons (Fsp3) is 0.296. The van der Waals surface area contributed by atoms with E-state index in [-0.39, 0.29) is 27.9 Å². The molecule has 0 amide bonds. The maximum Gasteiger partial charge on any atom is 0.276 e. The lowest BCUT2D eigenvalue weighted by atomic mass is 9.95. The number of benzene rings is 1. The van der Waals surface area contributed by atoms with Gasteiger partial charge in [-0.2, -0.15) is 4.98 Å². The Balaban J connectivity index is 1.71. The summed E-state index contributed by atoms with van der Waals surface area (Å²) in [7, 11) is 0. The summed E-state index contributed by atoms with van der Waals surface area (Å²) in [6.45, 7) is 12.2. The molecule has 0 saturated carbocycles. The molecule has 0 atom stereocenters. The Morgan fingerprint density at radius 2 is 1.74 bits per heavy atom. The maximum atomic E-state index is 13.3. The first-order chi connectivity index (χ1) is 16.5. The Bertz CT molecular complexity index is 1460. The van der Waals surface area contributed by atoms with Crippen molar-refractivity contribution in [3.8, 4) is 22.8 Å². The molecular weight excluding hydrogens is 506 g/mol. The minimum absolute atomic E-state index is 0.174. The second-order valence-corrected chi connectivity index (χ2v) is 10.3. The molecule has 4 aromatic rings. The lowest BCUT2D eigenvalue weighted by molar-refractivity contribution is 0.284. The second-order valence-electron chi connectivity index (χ2n) is 9.50. The molecule has 180 valence electrons. The lowest BCUT2D eigenvalue weighted by Crippen LogP contribution is -2.24. The lowest BCUT2D eigenvalue weighted by Gasteiger charge is -2.18. The van der Waals surface area contributed by atoms with Crippen molar-refractivity contribution in [1.82, 2.24) is 24.5 Å². The van der Waals surface area contributed by atoms with Gasteiger partial charge in [-0.15, -0.1) is 0 Å². The van der Waals surface area contributed by atoms with Crippen LogP contribution in [0.25, 0.3) is 16.9 Å². The SMILES string of the molecule is Cc1cccc(COc2nc(C)n(-c3cccc(-c4nc(C(C)(C)C)ncc4C)c3)c(=O)c2Br)n1. The highest BCUT2D eigenvalue weighted by Gasteiger charge is 2.20. The number of hydrogen-bond donors (Lipinski definition) is 0. The topological polar surface area (TPSA) is 82.8 Å². The van der Waals surface area contributed by atoms with Gasteiger partial charge in [-0.3, -0.25) is 14.3 Å². The Hall–Kier alpha value is -3.39. The molecule has 1 aromatic carbocycles. The molecular formula is C27H28BrN5O2. The molecule has 4 rings (SSSR count). The predicted molar refractivity (Wildman–Crippen MR) is 140 cm³/mol. The number of nitrogens with zero attached hydrogens (tertiary/aromatic N) is 5. The van der Waals surface area contributed by atoms with Gasteiger partial charge < -0.3 is 4.74 Å². The third-order valence-corrected chi connectivity index (χ3v) is 6.17. The zero-order chi connectivity index (χ0) is 25.3. The molecule has 8 heteroatoms. The number of rotatable bonds is 5. The number of hydrogen-bond acceptors (Lipinski definition) is 6. The molecule has 0 N–H and O–H groups in total. The summed E-state index contributed by atoms with van der Waals surface area (Å²) in [4.78, 5) is 31.7. The minimum Gasteiger partial charge on any atom is -0.470 e. The highest BCUT2D eigenvalue weighted by molar-refractivity contribution is 9.10. The van der Waals surface area contributed by atoms with Gasteiger partial charge in [0.15, 0.2) is 0 Å². The molecule has 0 spiro atoms. The molecule has 7 nitrogen and oxygen atoms in total. The van der Waals surface area contributed by atoms with Crippen LogP contribution in [-0.2, 0) is 12.0 Å². The quantitative estimate of drug-likeness (QED) is 0.329. The molecule has 0 aliphatic carbocycles. The molecule has 0 unspecified atom stereocenters. The third kappa shape index (κ3) is 5.32. The second kappa shape index (κ2) is 9.70. The third-order valence-electron chi connectivity index (χ3n) is 5.49. The summed E-state index contributed by atoms with van der Waals surface area (Å²) in [5.74, 6) is 1.52. The van der Waals surface area contributed by atoms with Crippen LogP contribution >= 0.6 is 15.9 Å². The molecule has 35 heavy (non-hydrogen) atoms. The van der Waals surface area contributed by atoms with Crippen LogP contribution in [0.1, 0.15) is 49.4 Å². The van der Waals surface area contributed by atoms with Gasteiger partial charge in [-0.25, -0.2) is 9.97 Å². The van der Waals surface area contributed by atoms with Crippen LogP contribution in [0.2, 0.25) is 0 Å². The molecule has 3 aromatic heterocycles. The fourth-order valence-electron chi connectivity index (χ4n) is 3.69. The van der Waals surface area contributed by atoms with Crippen LogP contribution in [0.5, 0.6) is 5.88 Å². The molecule has 0 saturated heterocycles. The summed E-state index contributed by atoms with van der Waals surface area (Å²) >= 11 is 3.40. The number of aryl methyl sites for hydroxylation is 3. The maximum absolute atomic E-state index is 13.3. The number of halogens is 1. The van der Waals surface area contributed by atoms with Crippen LogP contribution < -0.4 is 10.3 Å². The van der Waals surface area contributed by atoms with Crippen LogP contribution in [0.4, 0.5) is 0 Å². The van der Waals surface area contributed by atoms with E-state index >= 15 is 0 Å². The van der Waals surface area contributed by atoms with E-state index in [0.29, 0.717) is 11.5 Å². The first-order valence-electron chi connectivity index (χ1n) is 11.3. The van der Waals surface area contributed by atoms with Gasteiger partial charge in [0.1, 0.15) is 22.7 Å². The van der Waals surface area contributed by atoms with E-state index in [9.17, 15) is 4.79 Å². The molecule has 0 aliphatic heterocycles. The molecule has 0 bridgehead atoms. The Kier molecular flexibility index (Phi) is 6.85. The van der Waals surface area contributed by atoms with Crippen molar-refractivity contribution in [2.24, 2.45) is 0 Å². The standard InChI is InChI=1S/C27H28BrN5O2/c1-16-14-29-26(27(4,5)6)32-23(16)19-10-8-12-21(13-19)33-18(3)31-24(22(28)25(33)34)35-15-20-11-7-9-17(2)30-20/h7-14H,15H2,1-6H3. The van der Waals surface area contributed by atoms with E-state index in [2.05, 4.69) is 51.7 Å². The monoisotopic (exact) mass is 533 g/mol. The summed E-state index contributed by atoms with van der Waals surface area (Å²) in [6.07, 6.45) is 1.85. The van der Waals surface area contributed by atoms with Gasteiger partial charge in [0.2, 0.25) is 5.88 Å². The average molecular weight is 534 g/mol. The smallest absolute Gasteiger partial charge is 0.276 e. The van der Waals surface area contributed by atoms with Crippen molar-refractivity contribution in [3.63, 3.8) is 0 Å². The highest BCUT2D eigenvalue weighted by Crippen LogP contribution is 2.27. The Morgan fingerprint density at radius 3 is 2.46 bits per heavy atom. The molecule has 0 radical (unpaired) electrons. The molecule has 0 fully saturated rings. The van der Waals surface area contributed by atoms with Crippen LogP contribution in [0, 0.1) is 20.8 Å². The number of aromatic nitrogens is 5. The minimum atomic E-state index is -0.253. The van der Waals surface area contributed by atoms with Crippen molar-refractivity contribution in [2.75, 3.05) is 0 Å². The molecule has 0 aliphatic rings. The molecule has 3 heterocycles. The Labute approximate surface area is 213 Å². The van der Waals surface area contributed by atoms with Gasteiger partial charge in [0.05, 0.1) is 17.1 Å². The van der Waals surface area contributed by atoms with Gasteiger partial charge in [-0.05, 0) is 66.5 Å². The van der Waals surface area contributed by atoms with E-state index in [4.69, 9.17) is 9.72 Å². The van der Waals surface area contributed by atoms with E-state index in [1.807, 2.05) is 62.5 Å². The first kappa shape index (κ1) is 24.7. The van der Waals surface area contributed by atoms with E-state index < -0.39 is 0 Å². The van der Waals surface area contributed by atoms with E-state index in [1.54, 1.807) is 11.5 Å². The van der Waals surface area contributed by atoms with Gasteiger partial charge in [0.25, 0.3) is 5.56 Å². The van der Waals surface area contributed by atoms with E-state index in [0.717, 1.165) is 34.0 Å². The summed E-state index contributed by atoms with van der Waals surface area (Å²) in [6, 6.07) is 13.4. The highest BCUT2D eigenvalue weighted by atomic mass is 79.9. The zero-order valence-corrected chi connectivity index (χ0v) is 22.3. The van der Waals surface area contributed by atoms with Gasteiger partial charge >= 0.3 is 0 Å². The van der Waals surface area contributed by atoms with Crippen molar-refractivity contribution >= 4 is 15.9 Å². The summed E-state index contributed by atoms with van der Waals surface area (Å²) in [5, 5.41) is 0. The van der Waals surface area contributed by atoms with Gasteiger partial charge in [-0.1, -0.05) is 39.0 Å². The van der Waals surface area contributed by atoms with Crippen molar-refractivity contribution in [2.45, 2.75) is 53.6 Å². The zero-order valence-electron chi connectivity index (χ0n) is 20.8. The first-order valence-corrected chi connectivity index (χ1v) is 12.1. The normalized spacial score (nSPS) is 11.5. The van der Waals surface area contributed by atoms with Crippen molar-refractivity contribution < 1.29 is 4.74 Å². The number of pyridine rings is 1. The van der Waals surface area contributed by atoms with Crippen molar-refractivity contribution in [1.29, 1.82) is 0 Å².